The van der Waals surface area contributed by atoms with Gasteiger partial charge in [0, 0.05) is 11.3 Å². The van der Waals surface area contributed by atoms with Gasteiger partial charge in [0.2, 0.25) is 0 Å². The number of nitrogen functional groups attached to an aromatic ring is 1. The van der Waals surface area contributed by atoms with E-state index in [9.17, 15) is 9.18 Å². The molecule has 104 valence electrons. The first-order chi connectivity index (χ1) is 9.69. The van der Waals surface area contributed by atoms with Crippen molar-refractivity contribution in [1.82, 2.24) is 4.98 Å². The van der Waals surface area contributed by atoms with Crippen LogP contribution in [0.3, 0.4) is 0 Å². The Morgan fingerprint density at radius 3 is 2.95 bits per heavy atom. The van der Waals surface area contributed by atoms with Crippen molar-refractivity contribution in [1.29, 1.82) is 0 Å². The summed E-state index contributed by atoms with van der Waals surface area (Å²) < 4.78 is 13.5. The maximum atomic E-state index is 13.5. The summed E-state index contributed by atoms with van der Waals surface area (Å²) in [5, 5.41) is 5.13. The number of hydrogen-bond acceptors (Lipinski definition) is 5. The highest BCUT2D eigenvalue weighted by molar-refractivity contribution is 7.14. The molecule has 1 aromatic heterocycles. The molecular formula is C13H13FN4OS. The molecule has 0 atom stereocenters. The van der Waals surface area contributed by atoms with Gasteiger partial charge in [-0.3, -0.25) is 16.0 Å². The van der Waals surface area contributed by atoms with Crippen LogP contribution in [0.15, 0.2) is 23.6 Å². The summed E-state index contributed by atoms with van der Waals surface area (Å²) in [5.74, 6) is 4.78. The number of para-hydroxylation sites is 1. The highest BCUT2D eigenvalue weighted by Gasteiger charge is 2.26. The molecule has 7 heteroatoms. The highest BCUT2D eigenvalue weighted by Crippen LogP contribution is 2.40. The third-order valence-electron chi connectivity index (χ3n) is 3.14. The molecule has 0 radical (unpaired) electrons. The monoisotopic (exact) mass is 292 g/mol. The van der Waals surface area contributed by atoms with E-state index >= 15 is 0 Å². The predicted molar refractivity (Wildman–Crippen MR) is 76.3 cm³/mol. The molecule has 0 aliphatic heterocycles. The van der Waals surface area contributed by atoms with E-state index < -0.39 is 11.7 Å². The van der Waals surface area contributed by atoms with Crippen molar-refractivity contribution in [2.75, 3.05) is 10.7 Å². The van der Waals surface area contributed by atoms with E-state index in [0.29, 0.717) is 11.0 Å². The van der Waals surface area contributed by atoms with Gasteiger partial charge in [0.05, 0.1) is 16.9 Å². The first-order valence-corrected chi connectivity index (χ1v) is 7.09. The Morgan fingerprint density at radius 2 is 2.25 bits per heavy atom. The summed E-state index contributed by atoms with van der Waals surface area (Å²) in [6.45, 7) is 0. The number of benzene rings is 1. The zero-order valence-electron chi connectivity index (χ0n) is 10.5. The maximum absolute atomic E-state index is 13.5. The van der Waals surface area contributed by atoms with Crippen molar-refractivity contribution < 1.29 is 9.18 Å². The second-order valence-electron chi connectivity index (χ2n) is 4.61. The van der Waals surface area contributed by atoms with E-state index in [1.165, 1.54) is 29.5 Å². The quantitative estimate of drug-likeness (QED) is 0.598. The molecule has 1 fully saturated rings. The number of aromatic nitrogens is 1. The lowest BCUT2D eigenvalue weighted by Gasteiger charge is -2.08. The van der Waals surface area contributed by atoms with E-state index in [-0.39, 0.29) is 11.3 Å². The first-order valence-electron chi connectivity index (χ1n) is 6.21. The van der Waals surface area contributed by atoms with Crippen molar-refractivity contribution in [3.63, 3.8) is 0 Å². The molecule has 1 heterocycles. The number of halogens is 1. The Hall–Kier alpha value is -1.99. The standard InChI is InChI=1S/C13H13FN4OS/c14-9-3-1-2-8(11(9)18-15)12(19)17-13-16-10(6-20-13)7-4-5-7/h1-3,6-7,18H,4-5,15H2,(H,16,17,19). The van der Waals surface area contributed by atoms with Crippen LogP contribution in [0.5, 0.6) is 0 Å². The number of nitrogens with one attached hydrogen (secondary N) is 2. The molecule has 0 spiro atoms. The van der Waals surface area contributed by atoms with Crippen LogP contribution in [-0.2, 0) is 0 Å². The van der Waals surface area contributed by atoms with Crippen molar-refractivity contribution >= 4 is 28.1 Å². The smallest absolute Gasteiger partial charge is 0.259 e. The number of hydrogen-bond donors (Lipinski definition) is 3. The number of amides is 1. The second-order valence-corrected chi connectivity index (χ2v) is 5.47. The molecule has 0 saturated heterocycles. The van der Waals surface area contributed by atoms with Gasteiger partial charge in [0.1, 0.15) is 5.82 Å². The van der Waals surface area contributed by atoms with Gasteiger partial charge in [0.15, 0.2) is 5.13 Å². The molecule has 5 nitrogen and oxygen atoms in total. The largest absolute Gasteiger partial charge is 0.321 e. The summed E-state index contributed by atoms with van der Waals surface area (Å²) in [6, 6.07) is 4.20. The Morgan fingerprint density at radius 1 is 1.45 bits per heavy atom. The number of hydrazine groups is 1. The van der Waals surface area contributed by atoms with E-state index in [4.69, 9.17) is 5.84 Å². The minimum Gasteiger partial charge on any atom is -0.321 e. The molecule has 1 aromatic carbocycles. The summed E-state index contributed by atoms with van der Waals surface area (Å²) in [6.07, 6.45) is 2.31. The van der Waals surface area contributed by atoms with Crippen LogP contribution in [0.2, 0.25) is 0 Å². The fourth-order valence-corrected chi connectivity index (χ4v) is 2.72. The molecule has 1 aliphatic carbocycles. The zero-order chi connectivity index (χ0) is 14.1. The fraction of sp³-hybridized carbons (Fsp3) is 0.231. The fourth-order valence-electron chi connectivity index (χ4n) is 1.93. The summed E-state index contributed by atoms with van der Waals surface area (Å²) in [7, 11) is 0. The molecular weight excluding hydrogens is 279 g/mol. The van der Waals surface area contributed by atoms with Gasteiger partial charge in [-0.05, 0) is 25.0 Å². The van der Waals surface area contributed by atoms with Crippen LogP contribution in [0.25, 0.3) is 0 Å². The molecule has 1 aliphatic rings. The Balaban J connectivity index is 1.79. The Labute approximate surface area is 119 Å². The maximum Gasteiger partial charge on any atom is 0.259 e. The van der Waals surface area contributed by atoms with Gasteiger partial charge >= 0.3 is 0 Å². The van der Waals surface area contributed by atoms with Gasteiger partial charge < -0.3 is 5.43 Å². The van der Waals surface area contributed by atoms with Crippen LogP contribution >= 0.6 is 11.3 Å². The minimum atomic E-state index is -0.571. The zero-order valence-corrected chi connectivity index (χ0v) is 11.3. The lowest BCUT2D eigenvalue weighted by Crippen LogP contribution is -2.18. The number of nitrogens with zero attached hydrogens (tertiary/aromatic N) is 1. The molecule has 0 unspecified atom stereocenters. The van der Waals surface area contributed by atoms with E-state index in [2.05, 4.69) is 15.7 Å². The summed E-state index contributed by atoms with van der Waals surface area (Å²) >= 11 is 1.37. The van der Waals surface area contributed by atoms with Gasteiger partial charge in [-0.1, -0.05) is 6.07 Å². The van der Waals surface area contributed by atoms with E-state index in [1.807, 2.05) is 5.38 Å². The number of anilines is 2. The number of nitrogens with two attached hydrogens (primary N) is 1. The molecule has 0 bridgehead atoms. The number of rotatable bonds is 4. The minimum absolute atomic E-state index is 0.0241. The van der Waals surface area contributed by atoms with E-state index in [1.54, 1.807) is 0 Å². The van der Waals surface area contributed by atoms with Crippen molar-refractivity contribution in [3.05, 3.63) is 40.7 Å². The number of carbonyl (C=O) groups is 1. The molecule has 20 heavy (non-hydrogen) atoms. The lowest BCUT2D eigenvalue weighted by atomic mass is 10.1. The van der Waals surface area contributed by atoms with Crippen LogP contribution in [0, 0.1) is 5.82 Å². The van der Waals surface area contributed by atoms with Crippen LogP contribution in [0.4, 0.5) is 15.2 Å². The summed E-state index contributed by atoms with van der Waals surface area (Å²) in [4.78, 5) is 16.5. The first kappa shape index (κ1) is 13.0. The van der Waals surface area contributed by atoms with Crippen molar-refractivity contribution in [3.8, 4) is 0 Å². The highest BCUT2D eigenvalue weighted by atomic mass is 32.1. The van der Waals surface area contributed by atoms with Crippen molar-refractivity contribution in [2.24, 2.45) is 5.84 Å². The third kappa shape index (κ3) is 2.50. The lowest BCUT2D eigenvalue weighted by molar-refractivity contribution is 0.102. The summed E-state index contributed by atoms with van der Waals surface area (Å²) in [5.41, 5.74) is 3.35. The molecule has 1 amide bonds. The van der Waals surface area contributed by atoms with Crippen LogP contribution in [-0.4, -0.2) is 10.9 Å². The van der Waals surface area contributed by atoms with Crippen molar-refractivity contribution in [2.45, 2.75) is 18.8 Å². The third-order valence-corrected chi connectivity index (χ3v) is 3.92. The van der Waals surface area contributed by atoms with Gasteiger partial charge in [-0.2, -0.15) is 0 Å². The topological polar surface area (TPSA) is 80.0 Å². The average molecular weight is 292 g/mol. The Bertz CT molecular complexity index is 654. The van der Waals surface area contributed by atoms with Gasteiger partial charge in [0.25, 0.3) is 5.91 Å². The van der Waals surface area contributed by atoms with E-state index in [0.717, 1.165) is 18.5 Å². The molecule has 4 N–H and O–H groups in total. The molecule has 1 saturated carbocycles. The number of thiazole rings is 1. The SMILES string of the molecule is NNc1c(F)cccc1C(=O)Nc1nc(C2CC2)cs1. The second kappa shape index (κ2) is 5.18. The average Bonchev–Trinajstić information content (AvgIpc) is 3.19. The number of carbonyl (C=O) groups excluding carboxylic acids is 1. The Kier molecular flexibility index (Phi) is 3.37. The molecule has 3 rings (SSSR count). The molecule has 2 aromatic rings. The normalized spacial score (nSPS) is 14.1. The van der Waals surface area contributed by atoms with Crippen LogP contribution in [0.1, 0.15) is 34.8 Å². The van der Waals surface area contributed by atoms with Crippen LogP contribution < -0.4 is 16.6 Å². The van der Waals surface area contributed by atoms with Gasteiger partial charge in [-0.25, -0.2) is 9.37 Å². The predicted octanol–water partition coefficient (Wildman–Crippen LogP) is 2.70. The van der Waals surface area contributed by atoms with Gasteiger partial charge in [-0.15, -0.1) is 11.3 Å².